The molecule has 1 radical (unpaired) electrons. The fourth-order valence-corrected chi connectivity index (χ4v) is 2.33. The molecule has 0 spiro atoms. The Morgan fingerprint density at radius 1 is 1.19 bits per heavy atom. The molecule has 0 unspecified atom stereocenters. The molecule has 1 heterocycles. The van der Waals surface area contributed by atoms with Crippen LogP contribution in [0.2, 0.25) is 0 Å². The Morgan fingerprint density at radius 3 is 2.35 bits per heavy atom. The Balaban J connectivity index is 0.00000338. The molecule has 0 fully saturated rings. The van der Waals surface area contributed by atoms with Crippen LogP contribution in [0.4, 0.5) is 17.6 Å². The van der Waals surface area contributed by atoms with Crippen LogP contribution in [0, 0.1) is 17.7 Å². The molecule has 1 aliphatic heterocycles. The fourth-order valence-electron chi connectivity index (χ4n) is 2.33. The number of methoxy groups -OCH3 is 1. The van der Waals surface area contributed by atoms with E-state index in [0.29, 0.717) is 5.57 Å². The van der Waals surface area contributed by atoms with Gasteiger partial charge in [-0.15, -0.1) is 5.57 Å². The van der Waals surface area contributed by atoms with Crippen LogP contribution in [0.25, 0.3) is 5.70 Å². The molecule has 0 saturated heterocycles. The maximum Gasteiger partial charge on any atom is 0.256 e. The molecule has 0 saturated carbocycles. The first kappa shape index (κ1) is 22.9. The van der Waals surface area contributed by atoms with E-state index in [9.17, 15) is 17.6 Å². The SMILES string of the molecule is C=C1C(C)=C[C-]=C(c2c(F)cc(OCCOC)cc2F)N1CC(F)F.[Y]. The van der Waals surface area contributed by atoms with Crippen molar-refractivity contribution in [1.82, 2.24) is 4.90 Å². The monoisotopic (exact) mass is 445 g/mol. The van der Waals surface area contributed by atoms with Crippen LogP contribution in [0.1, 0.15) is 12.5 Å². The summed E-state index contributed by atoms with van der Waals surface area (Å²) in [6.07, 6.45) is 1.42. The van der Waals surface area contributed by atoms with Gasteiger partial charge in [0.05, 0.1) is 24.8 Å². The summed E-state index contributed by atoms with van der Waals surface area (Å²) < 4.78 is 64.7. The van der Waals surface area contributed by atoms with Gasteiger partial charge in [-0.05, 0) is 11.3 Å². The predicted molar refractivity (Wildman–Crippen MR) is 86.0 cm³/mol. The van der Waals surface area contributed by atoms with Crippen molar-refractivity contribution >= 4 is 5.70 Å². The van der Waals surface area contributed by atoms with Crippen molar-refractivity contribution in [1.29, 1.82) is 0 Å². The summed E-state index contributed by atoms with van der Waals surface area (Å²) >= 11 is 0. The van der Waals surface area contributed by atoms with Gasteiger partial charge in [0.1, 0.15) is 12.4 Å². The van der Waals surface area contributed by atoms with E-state index in [1.807, 2.05) is 0 Å². The third-order valence-electron chi connectivity index (χ3n) is 3.61. The number of rotatable bonds is 7. The minimum atomic E-state index is -2.71. The van der Waals surface area contributed by atoms with Crippen LogP contribution < -0.4 is 4.74 Å². The maximum atomic E-state index is 14.5. The van der Waals surface area contributed by atoms with Gasteiger partial charge >= 0.3 is 0 Å². The Kier molecular flexibility index (Phi) is 9.00. The van der Waals surface area contributed by atoms with E-state index in [-0.39, 0.29) is 63.1 Å². The van der Waals surface area contributed by atoms with Crippen LogP contribution in [0.15, 0.2) is 36.1 Å². The third kappa shape index (κ3) is 5.41. The number of ether oxygens (including phenoxy) is 2. The fraction of sp³-hybridized carbons (Fsp3) is 0.333. The summed E-state index contributed by atoms with van der Waals surface area (Å²) in [4.78, 5) is 1.06. The average molecular weight is 445 g/mol. The number of halogens is 4. The van der Waals surface area contributed by atoms with Gasteiger partial charge < -0.3 is 14.4 Å². The van der Waals surface area contributed by atoms with Gasteiger partial charge in [0.2, 0.25) is 0 Å². The molecule has 0 aromatic heterocycles. The summed E-state index contributed by atoms with van der Waals surface area (Å²) in [5, 5.41) is 0. The molecule has 0 aliphatic carbocycles. The van der Waals surface area contributed by atoms with Gasteiger partial charge in [0.25, 0.3) is 6.43 Å². The standard InChI is InChI=1S/C18H18F4NO2.Y/c1-11-4-5-16(23(12(11)2)10-17(21)22)18-14(19)8-13(9-15(18)20)25-7-6-24-3;/h4,8-9,17H,2,6-7,10H2,1,3H3;/q-1;. The van der Waals surface area contributed by atoms with Gasteiger partial charge in [0.15, 0.2) is 0 Å². The van der Waals surface area contributed by atoms with Crippen molar-refractivity contribution in [2.75, 3.05) is 26.9 Å². The largest absolute Gasteiger partial charge is 0.491 e. The Labute approximate surface area is 175 Å². The number of allylic oxidation sites excluding steroid dienone is 3. The molecule has 0 atom stereocenters. The first-order chi connectivity index (χ1) is 11.8. The number of hydrogen-bond donors (Lipinski definition) is 0. The van der Waals surface area contributed by atoms with E-state index < -0.39 is 30.2 Å². The summed E-state index contributed by atoms with van der Waals surface area (Å²) in [5.41, 5.74) is 0.247. The molecular formula is C18H18F4NO2Y-. The second kappa shape index (κ2) is 10.2. The molecule has 8 heteroatoms. The van der Waals surface area contributed by atoms with E-state index >= 15 is 0 Å². The molecule has 0 N–H and O–H groups in total. The second-order valence-corrected chi connectivity index (χ2v) is 5.37. The average Bonchev–Trinajstić information content (AvgIpc) is 2.53. The zero-order valence-corrected chi connectivity index (χ0v) is 17.3. The van der Waals surface area contributed by atoms with Gasteiger partial charge in [-0.2, -0.15) is 12.2 Å². The van der Waals surface area contributed by atoms with Crippen molar-refractivity contribution in [3.63, 3.8) is 0 Å². The van der Waals surface area contributed by atoms with E-state index in [2.05, 4.69) is 12.7 Å². The smallest absolute Gasteiger partial charge is 0.256 e. The molecule has 1 aliphatic rings. The summed E-state index contributed by atoms with van der Waals surface area (Å²) in [7, 11) is 1.47. The molecule has 0 amide bonds. The molecule has 26 heavy (non-hydrogen) atoms. The van der Waals surface area contributed by atoms with Crippen LogP contribution >= 0.6 is 0 Å². The molecule has 1 aromatic rings. The van der Waals surface area contributed by atoms with Gasteiger partial charge in [-0.25, -0.2) is 17.6 Å². The zero-order chi connectivity index (χ0) is 18.6. The van der Waals surface area contributed by atoms with Crippen molar-refractivity contribution in [3.05, 3.63) is 59.3 Å². The first-order valence-corrected chi connectivity index (χ1v) is 7.51. The van der Waals surface area contributed by atoms with Crippen molar-refractivity contribution in [2.24, 2.45) is 0 Å². The number of nitrogens with zero attached hydrogens (tertiary/aromatic N) is 1. The Morgan fingerprint density at radius 2 is 1.81 bits per heavy atom. The molecule has 3 nitrogen and oxygen atoms in total. The summed E-state index contributed by atoms with van der Waals surface area (Å²) in [6.45, 7) is 5.01. The van der Waals surface area contributed by atoms with Crippen molar-refractivity contribution < 1.29 is 59.7 Å². The van der Waals surface area contributed by atoms with E-state index in [0.717, 1.165) is 17.0 Å². The number of benzene rings is 1. The number of alkyl halides is 2. The topological polar surface area (TPSA) is 21.7 Å². The molecule has 2 rings (SSSR count). The van der Waals surface area contributed by atoms with Crippen molar-refractivity contribution in [2.45, 2.75) is 13.3 Å². The molecule has 1 aromatic carbocycles. The van der Waals surface area contributed by atoms with E-state index in [1.54, 1.807) is 6.92 Å². The third-order valence-corrected chi connectivity index (χ3v) is 3.61. The normalized spacial score (nSPS) is 14.1. The van der Waals surface area contributed by atoms with Crippen LogP contribution in [-0.4, -0.2) is 38.2 Å². The predicted octanol–water partition coefficient (Wildman–Crippen LogP) is 4.17. The summed E-state index contributed by atoms with van der Waals surface area (Å²) in [6, 6.07) is 1.99. The van der Waals surface area contributed by atoms with Gasteiger partial charge in [0, 0.05) is 52.0 Å². The first-order valence-electron chi connectivity index (χ1n) is 7.51. The van der Waals surface area contributed by atoms with Crippen molar-refractivity contribution in [3.8, 4) is 5.75 Å². The van der Waals surface area contributed by atoms with E-state index in [1.165, 1.54) is 13.2 Å². The minimum absolute atomic E-state index is 0. The van der Waals surface area contributed by atoms with Crippen LogP contribution in [0.5, 0.6) is 5.75 Å². The Hall–Kier alpha value is -1.18. The van der Waals surface area contributed by atoms with Gasteiger partial charge in [-0.3, -0.25) is 0 Å². The van der Waals surface area contributed by atoms with Crippen LogP contribution in [-0.2, 0) is 37.4 Å². The second-order valence-electron chi connectivity index (χ2n) is 5.37. The Bertz CT molecular complexity index is 696. The molecule has 0 bridgehead atoms. The van der Waals surface area contributed by atoms with Crippen LogP contribution in [0.3, 0.4) is 0 Å². The molecule has 139 valence electrons. The van der Waals surface area contributed by atoms with E-state index in [4.69, 9.17) is 9.47 Å². The molecular weight excluding hydrogens is 427 g/mol. The summed E-state index contributed by atoms with van der Waals surface area (Å²) in [5.74, 6) is -1.89. The number of hydrogen-bond acceptors (Lipinski definition) is 3. The minimum Gasteiger partial charge on any atom is -0.491 e. The zero-order valence-electron chi connectivity index (χ0n) is 14.5. The quantitative estimate of drug-likeness (QED) is 0.357. The maximum absolute atomic E-state index is 14.5. The van der Waals surface area contributed by atoms with Gasteiger partial charge in [-0.1, -0.05) is 19.2 Å².